The highest BCUT2D eigenvalue weighted by atomic mass is 19.1. The molecule has 0 aliphatic heterocycles. The number of amides is 4. The van der Waals surface area contributed by atoms with Gasteiger partial charge in [-0.05, 0) is 37.5 Å². The van der Waals surface area contributed by atoms with E-state index >= 15 is 0 Å². The van der Waals surface area contributed by atoms with Crippen LogP contribution in [0.4, 0.5) is 20.6 Å². The van der Waals surface area contributed by atoms with Crippen molar-refractivity contribution in [2.75, 3.05) is 17.2 Å². The van der Waals surface area contributed by atoms with Crippen LogP contribution in [0.25, 0.3) is 0 Å². The monoisotopic (exact) mass is 378 g/mol. The molecule has 0 unspecified atom stereocenters. The van der Waals surface area contributed by atoms with Crippen LogP contribution in [0.1, 0.15) is 51.9 Å². The number of carbonyl (C=O) groups excluding carboxylic acids is 3. The first-order valence-electron chi connectivity index (χ1n) is 9.35. The van der Waals surface area contributed by atoms with Crippen LogP contribution in [-0.2, 0) is 9.59 Å². The maximum absolute atomic E-state index is 13.6. The molecule has 0 radical (unpaired) electrons. The molecular formula is C19H27FN4O3. The molecule has 0 bridgehead atoms. The summed E-state index contributed by atoms with van der Waals surface area (Å²) in [5, 5.41) is 10.7. The molecule has 4 N–H and O–H groups in total. The SMILES string of the molecule is CC(=O)Nc1cc(NC(=O)CCCNC(=O)NC2CCCCC2)ccc1F. The lowest BCUT2D eigenvalue weighted by atomic mass is 9.96. The summed E-state index contributed by atoms with van der Waals surface area (Å²) < 4.78 is 13.6. The maximum atomic E-state index is 13.6. The molecule has 0 aromatic heterocycles. The average molecular weight is 378 g/mol. The van der Waals surface area contributed by atoms with E-state index < -0.39 is 11.7 Å². The summed E-state index contributed by atoms with van der Waals surface area (Å²) in [5.74, 6) is -1.21. The van der Waals surface area contributed by atoms with Gasteiger partial charge in [0.2, 0.25) is 11.8 Å². The van der Waals surface area contributed by atoms with Gasteiger partial charge < -0.3 is 21.3 Å². The standard InChI is InChI=1S/C19H27FN4O3/c1-13(25)22-17-12-15(9-10-16(17)20)23-18(26)8-5-11-21-19(27)24-14-6-3-2-4-7-14/h9-10,12,14H,2-8,11H2,1H3,(H,22,25)(H,23,26)(H2,21,24,27). The predicted molar refractivity (Wildman–Crippen MR) is 102 cm³/mol. The third-order valence-electron chi connectivity index (χ3n) is 4.37. The molecule has 1 aromatic rings. The highest BCUT2D eigenvalue weighted by molar-refractivity contribution is 5.93. The topological polar surface area (TPSA) is 99.3 Å². The lowest BCUT2D eigenvalue weighted by Gasteiger charge is -2.22. The summed E-state index contributed by atoms with van der Waals surface area (Å²) >= 11 is 0. The van der Waals surface area contributed by atoms with Crippen molar-refractivity contribution < 1.29 is 18.8 Å². The number of hydrogen-bond acceptors (Lipinski definition) is 3. The van der Waals surface area contributed by atoms with Crippen LogP contribution in [0.15, 0.2) is 18.2 Å². The fraction of sp³-hybridized carbons (Fsp3) is 0.526. The largest absolute Gasteiger partial charge is 0.338 e. The van der Waals surface area contributed by atoms with Gasteiger partial charge >= 0.3 is 6.03 Å². The van der Waals surface area contributed by atoms with Crippen LogP contribution in [-0.4, -0.2) is 30.4 Å². The predicted octanol–water partition coefficient (Wildman–Crippen LogP) is 3.13. The van der Waals surface area contributed by atoms with Crippen molar-refractivity contribution in [3.63, 3.8) is 0 Å². The molecular weight excluding hydrogens is 351 g/mol. The molecule has 148 valence electrons. The van der Waals surface area contributed by atoms with Crippen LogP contribution < -0.4 is 21.3 Å². The first-order valence-corrected chi connectivity index (χ1v) is 9.35. The molecule has 1 fully saturated rings. The van der Waals surface area contributed by atoms with Crippen molar-refractivity contribution in [2.24, 2.45) is 0 Å². The minimum atomic E-state index is -0.573. The minimum absolute atomic E-state index is 0.0151. The van der Waals surface area contributed by atoms with Gasteiger partial charge in [0.25, 0.3) is 0 Å². The van der Waals surface area contributed by atoms with Gasteiger partial charge in [0.1, 0.15) is 5.82 Å². The molecule has 7 nitrogen and oxygen atoms in total. The lowest BCUT2D eigenvalue weighted by Crippen LogP contribution is -2.43. The zero-order valence-electron chi connectivity index (χ0n) is 15.6. The van der Waals surface area contributed by atoms with E-state index in [2.05, 4.69) is 21.3 Å². The van der Waals surface area contributed by atoms with Gasteiger partial charge in [0, 0.05) is 31.6 Å². The third kappa shape index (κ3) is 7.64. The van der Waals surface area contributed by atoms with E-state index in [1.807, 2.05) is 0 Å². The highest BCUT2D eigenvalue weighted by Gasteiger charge is 2.15. The molecule has 1 aliphatic carbocycles. The zero-order chi connectivity index (χ0) is 19.6. The van der Waals surface area contributed by atoms with Crippen molar-refractivity contribution in [3.05, 3.63) is 24.0 Å². The lowest BCUT2D eigenvalue weighted by molar-refractivity contribution is -0.116. The molecule has 1 aliphatic rings. The number of urea groups is 1. The summed E-state index contributed by atoms with van der Waals surface area (Å²) in [7, 11) is 0. The van der Waals surface area contributed by atoms with E-state index in [0.29, 0.717) is 18.7 Å². The van der Waals surface area contributed by atoms with Gasteiger partial charge in [0.15, 0.2) is 0 Å². The van der Waals surface area contributed by atoms with Crippen molar-refractivity contribution in [3.8, 4) is 0 Å². The van der Waals surface area contributed by atoms with Gasteiger partial charge in [-0.3, -0.25) is 9.59 Å². The van der Waals surface area contributed by atoms with Crippen molar-refractivity contribution in [1.82, 2.24) is 10.6 Å². The van der Waals surface area contributed by atoms with E-state index in [1.165, 1.54) is 31.5 Å². The quantitative estimate of drug-likeness (QED) is 0.549. The molecule has 1 saturated carbocycles. The van der Waals surface area contributed by atoms with Crippen LogP contribution in [0, 0.1) is 5.82 Å². The number of hydrogen-bond donors (Lipinski definition) is 4. The average Bonchev–Trinajstić information content (AvgIpc) is 2.62. The Hall–Kier alpha value is -2.64. The fourth-order valence-corrected chi connectivity index (χ4v) is 3.05. The summed E-state index contributed by atoms with van der Waals surface area (Å²) in [6.07, 6.45) is 6.29. The van der Waals surface area contributed by atoms with Gasteiger partial charge in [-0.2, -0.15) is 0 Å². The Bertz CT molecular complexity index is 675. The fourth-order valence-electron chi connectivity index (χ4n) is 3.05. The van der Waals surface area contributed by atoms with E-state index in [1.54, 1.807) is 0 Å². The first kappa shape index (κ1) is 20.7. The van der Waals surface area contributed by atoms with Crippen LogP contribution in [0.3, 0.4) is 0 Å². The van der Waals surface area contributed by atoms with Crippen LogP contribution in [0.2, 0.25) is 0 Å². The Morgan fingerprint density at radius 1 is 1.11 bits per heavy atom. The number of rotatable bonds is 7. The minimum Gasteiger partial charge on any atom is -0.338 e. The Morgan fingerprint density at radius 3 is 2.56 bits per heavy atom. The van der Waals surface area contributed by atoms with Gasteiger partial charge in [0.05, 0.1) is 5.69 Å². The van der Waals surface area contributed by atoms with Crippen molar-refractivity contribution in [2.45, 2.75) is 57.9 Å². The van der Waals surface area contributed by atoms with Gasteiger partial charge in [-0.25, -0.2) is 9.18 Å². The van der Waals surface area contributed by atoms with Gasteiger partial charge in [-0.1, -0.05) is 19.3 Å². The normalized spacial score (nSPS) is 14.3. The number of halogens is 1. The molecule has 0 heterocycles. The van der Waals surface area contributed by atoms with E-state index in [4.69, 9.17) is 0 Å². The Labute approximate surface area is 158 Å². The summed E-state index contributed by atoms with van der Waals surface area (Å²) in [5.41, 5.74) is 0.412. The molecule has 4 amide bonds. The number of nitrogens with one attached hydrogen (secondary N) is 4. The molecule has 8 heteroatoms. The van der Waals surface area contributed by atoms with E-state index in [9.17, 15) is 18.8 Å². The zero-order valence-corrected chi connectivity index (χ0v) is 15.6. The van der Waals surface area contributed by atoms with Crippen LogP contribution in [0.5, 0.6) is 0 Å². The van der Waals surface area contributed by atoms with Crippen molar-refractivity contribution >= 4 is 29.2 Å². The molecule has 0 atom stereocenters. The molecule has 0 saturated heterocycles. The molecule has 2 rings (SSSR count). The number of benzene rings is 1. The Morgan fingerprint density at radius 2 is 1.85 bits per heavy atom. The molecule has 1 aromatic carbocycles. The van der Waals surface area contributed by atoms with Crippen molar-refractivity contribution in [1.29, 1.82) is 0 Å². The Balaban J connectivity index is 1.67. The second-order valence-corrected chi connectivity index (χ2v) is 6.76. The Kier molecular flexibility index (Phi) is 8.03. The highest BCUT2D eigenvalue weighted by Crippen LogP contribution is 2.20. The second-order valence-electron chi connectivity index (χ2n) is 6.76. The third-order valence-corrected chi connectivity index (χ3v) is 4.37. The summed E-state index contributed by atoms with van der Waals surface area (Å²) in [6.45, 7) is 1.68. The molecule has 0 spiro atoms. The molecule has 27 heavy (non-hydrogen) atoms. The van der Waals surface area contributed by atoms with Crippen LogP contribution >= 0.6 is 0 Å². The second kappa shape index (κ2) is 10.5. The maximum Gasteiger partial charge on any atom is 0.315 e. The number of anilines is 2. The van der Waals surface area contributed by atoms with E-state index in [-0.39, 0.29) is 30.1 Å². The smallest absolute Gasteiger partial charge is 0.315 e. The summed E-state index contributed by atoms with van der Waals surface area (Å²) in [6, 6.07) is 4.02. The number of carbonyl (C=O) groups is 3. The summed E-state index contributed by atoms with van der Waals surface area (Å²) in [4.78, 5) is 34.8. The van der Waals surface area contributed by atoms with Gasteiger partial charge in [-0.15, -0.1) is 0 Å². The first-order chi connectivity index (χ1) is 12.9. The van der Waals surface area contributed by atoms with E-state index in [0.717, 1.165) is 25.7 Å².